The van der Waals surface area contributed by atoms with Crippen molar-refractivity contribution in [2.45, 2.75) is 13.8 Å². The van der Waals surface area contributed by atoms with E-state index in [4.69, 9.17) is 11.6 Å². The van der Waals surface area contributed by atoms with Crippen LogP contribution in [-0.2, 0) is 0 Å². The number of alkyl halides is 1. The number of carbonyl (C=O) groups excluding carboxylic acids is 1. The molecule has 0 spiro atoms. The Morgan fingerprint density at radius 3 is 2.81 bits per heavy atom. The van der Waals surface area contributed by atoms with Gasteiger partial charge in [0.1, 0.15) is 0 Å². The van der Waals surface area contributed by atoms with E-state index in [9.17, 15) is 4.79 Å². The zero-order chi connectivity index (χ0) is 12.0. The summed E-state index contributed by atoms with van der Waals surface area (Å²) in [5.74, 6) is 0.430. The van der Waals surface area contributed by atoms with Crippen LogP contribution in [0.15, 0.2) is 30.4 Å². The van der Waals surface area contributed by atoms with Crippen molar-refractivity contribution >= 4 is 17.5 Å². The Morgan fingerprint density at radius 2 is 2.12 bits per heavy atom. The first-order valence-corrected chi connectivity index (χ1v) is 5.75. The molecular weight excluding hydrogens is 222 g/mol. The number of carbonyl (C=O) groups is 1. The lowest BCUT2D eigenvalue weighted by Gasteiger charge is -2.07. The van der Waals surface area contributed by atoms with Gasteiger partial charge in [0.15, 0.2) is 0 Å². The van der Waals surface area contributed by atoms with Crippen LogP contribution in [0.2, 0.25) is 0 Å². The number of hydrogen-bond donors (Lipinski definition) is 1. The Morgan fingerprint density at radius 1 is 1.38 bits per heavy atom. The molecule has 0 unspecified atom stereocenters. The van der Waals surface area contributed by atoms with Crippen molar-refractivity contribution in [3.8, 4) is 0 Å². The van der Waals surface area contributed by atoms with Crippen molar-refractivity contribution in [3.63, 3.8) is 0 Å². The van der Waals surface area contributed by atoms with Gasteiger partial charge in [-0.2, -0.15) is 0 Å². The van der Waals surface area contributed by atoms with Crippen LogP contribution in [0.4, 0.5) is 0 Å². The van der Waals surface area contributed by atoms with E-state index in [1.54, 1.807) is 0 Å². The van der Waals surface area contributed by atoms with Crippen LogP contribution in [0.25, 0.3) is 0 Å². The standard InChI is InChI=1S/C13H16ClNO/c1-10-6-5-7-12(11(10)2)13(16)15-9-4-3-8-14/h3-7H,8-9H2,1-2H3,(H,15,16)/b4-3+. The maximum Gasteiger partial charge on any atom is 0.251 e. The highest BCUT2D eigenvalue weighted by Gasteiger charge is 2.08. The lowest BCUT2D eigenvalue weighted by atomic mass is 10.0. The minimum Gasteiger partial charge on any atom is -0.349 e. The molecule has 0 heterocycles. The summed E-state index contributed by atoms with van der Waals surface area (Å²) in [7, 11) is 0. The molecule has 1 aromatic carbocycles. The summed E-state index contributed by atoms with van der Waals surface area (Å²) in [5, 5.41) is 2.82. The van der Waals surface area contributed by atoms with Crippen molar-refractivity contribution < 1.29 is 4.79 Å². The van der Waals surface area contributed by atoms with E-state index >= 15 is 0 Å². The van der Waals surface area contributed by atoms with Gasteiger partial charge in [-0.3, -0.25) is 4.79 Å². The molecule has 0 saturated carbocycles. The SMILES string of the molecule is Cc1cccc(C(=O)NC/C=C/CCl)c1C. The van der Waals surface area contributed by atoms with Crippen LogP contribution in [0, 0.1) is 13.8 Å². The lowest BCUT2D eigenvalue weighted by molar-refractivity contribution is 0.0957. The number of hydrogen-bond acceptors (Lipinski definition) is 1. The van der Waals surface area contributed by atoms with Crippen molar-refractivity contribution in [3.05, 3.63) is 47.0 Å². The first kappa shape index (κ1) is 12.8. The van der Waals surface area contributed by atoms with Gasteiger partial charge in [0.2, 0.25) is 0 Å². The normalized spacial score (nSPS) is 10.7. The van der Waals surface area contributed by atoms with Crippen LogP contribution in [0.3, 0.4) is 0 Å². The third kappa shape index (κ3) is 3.38. The van der Waals surface area contributed by atoms with Crippen molar-refractivity contribution in [2.24, 2.45) is 0 Å². The topological polar surface area (TPSA) is 29.1 Å². The summed E-state index contributed by atoms with van der Waals surface area (Å²) >= 11 is 5.48. The van der Waals surface area contributed by atoms with E-state index in [-0.39, 0.29) is 5.91 Å². The summed E-state index contributed by atoms with van der Waals surface area (Å²) in [6.07, 6.45) is 3.65. The Hall–Kier alpha value is -1.28. The van der Waals surface area contributed by atoms with Gasteiger partial charge in [0.25, 0.3) is 5.91 Å². The zero-order valence-corrected chi connectivity index (χ0v) is 10.3. The Bertz CT molecular complexity index is 399. The molecule has 0 fully saturated rings. The molecule has 0 aliphatic heterocycles. The lowest BCUT2D eigenvalue weighted by Crippen LogP contribution is -2.24. The second-order valence-corrected chi connectivity index (χ2v) is 3.89. The molecular formula is C13H16ClNO. The summed E-state index contributed by atoms with van der Waals surface area (Å²) in [6, 6.07) is 5.73. The van der Waals surface area contributed by atoms with Crippen LogP contribution in [-0.4, -0.2) is 18.3 Å². The van der Waals surface area contributed by atoms with Gasteiger partial charge < -0.3 is 5.32 Å². The Labute approximate surface area is 101 Å². The summed E-state index contributed by atoms with van der Waals surface area (Å²) in [6.45, 7) is 4.47. The van der Waals surface area contributed by atoms with Crippen molar-refractivity contribution in [2.75, 3.05) is 12.4 Å². The molecule has 0 atom stereocenters. The molecule has 0 radical (unpaired) electrons. The number of allylic oxidation sites excluding steroid dienone is 1. The van der Waals surface area contributed by atoms with Crippen LogP contribution in [0.5, 0.6) is 0 Å². The monoisotopic (exact) mass is 237 g/mol. The third-order valence-electron chi connectivity index (χ3n) is 2.49. The number of benzene rings is 1. The Balaban J connectivity index is 2.66. The zero-order valence-electron chi connectivity index (χ0n) is 9.59. The van der Waals surface area contributed by atoms with Gasteiger partial charge in [-0.05, 0) is 31.0 Å². The molecule has 86 valence electrons. The van der Waals surface area contributed by atoms with Gasteiger partial charge in [0.05, 0.1) is 0 Å². The molecule has 16 heavy (non-hydrogen) atoms. The molecule has 3 heteroatoms. The highest BCUT2D eigenvalue weighted by Crippen LogP contribution is 2.12. The van der Waals surface area contributed by atoms with E-state index < -0.39 is 0 Å². The second-order valence-electron chi connectivity index (χ2n) is 3.58. The summed E-state index contributed by atoms with van der Waals surface area (Å²) in [4.78, 5) is 11.8. The maximum atomic E-state index is 11.8. The van der Waals surface area contributed by atoms with Gasteiger partial charge in [-0.1, -0.05) is 24.3 Å². The van der Waals surface area contributed by atoms with E-state index in [1.807, 2.05) is 44.2 Å². The smallest absolute Gasteiger partial charge is 0.251 e. The molecule has 2 nitrogen and oxygen atoms in total. The second kappa shape index (κ2) is 6.33. The average molecular weight is 238 g/mol. The predicted octanol–water partition coefficient (Wildman–Crippen LogP) is 2.83. The number of nitrogens with one attached hydrogen (secondary N) is 1. The average Bonchev–Trinajstić information content (AvgIpc) is 2.28. The molecule has 0 bridgehead atoms. The molecule has 0 aliphatic rings. The molecule has 1 amide bonds. The fourth-order valence-electron chi connectivity index (χ4n) is 1.39. The number of aryl methyl sites for hydroxylation is 1. The fraction of sp³-hybridized carbons (Fsp3) is 0.308. The first-order chi connectivity index (χ1) is 7.66. The molecule has 0 aliphatic carbocycles. The molecule has 0 aromatic heterocycles. The van der Waals surface area contributed by atoms with Crippen LogP contribution < -0.4 is 5.32 Å². The Kier molecular flexibility index (Phi) is 5.06. The van der Waals surface area contributed by atoms with Gasteiger partial charge in [-0.25, -0.2) is 0 Å². The third-order valence-corrected chi connectivity index (χ3v) is 2.66. The molecule has 1 aromatic rings. The quantitative estimate of drug-likeness (QED) is 0.633. The van der Waals surface area contributed by atoms with Gasteiger partial charge >= 0.3 is 0 Å². The van der Waals surface area contributed by atoms with Gasteiger partial charge in [0, 0.05) is 18.0 Å². The first-order valence-electron chi connectivity index (χ1n) is 5.22. The number of amides is 1. The molecule has 1 N–H and O–H groups in total. The van der Waals surface area contributed by atoms with E-state index in [2.05, 4.69) is 5.32 Å². The van der Waals surface area contributed by atoms with Crippen molar-refractivity contribution in [1.82, 2.24) is 5.32 Å². The minimum atomic E-state index is -0.0413. The van der Waals surface area contributed by atoms with E-state index in [0.717, 1.165) is 16.7 Å². The number of halogens is 1. The number of rotatable bonds is 4. The predicted molar refractivity (Wildman–Crippen MR) is 68.1 cm³/mol. The highest BCUT2D eigenvalue weighted by molar-refractivity contribution is 6.18. The minimum absolute atomic E-state index is 0.0413. The van der Waals surface area contributed by atoms with E-state index in [0.29, 0.717) is 12.4 Å². The largest absolute Gasteiger partial charge is 0.349 e. The summed E-state index contributed by atoms with van der Waals surface area (Å²) < 4.78 is 0. The van der Waals surface area contributed by atoms with Crippen molar-refractivity contribution in [1.29, 1.82) is 0 Å². The highest BCUT2D eigenvalue weighted by atomic mass is 35.5. The van der Waals surface area contributed by atoms with Gasteiger partial charge in [-0.15, -0.1) is 11.6 Å². The summed E-state index contributed by atoms with van der Waals surface area (Å²) in [5.41, 5.74) is 2.89. The van der Waals surface area contributed by atoms with Crippen LogP contribution >= 0.6 is 11.6 Å². The molecule has 1 rings (SSSR count). The van der Waals surface area contributed by atoms with Crippen LogP contribution in [0.1, 0.15) is 21.5 Å². The maximum absolute atomic E-state index is 11.8. The molecule has 0 saturated heterocycles. The fourth-order valence-corrected chi connectivity index (χ4v) is 1.52. The van der Waals surface area contributed by atoms with E-state index in [1.165, 1.54) is 0 Å².